The summed E-state index contributed by atoms with van der Waals surface area (Å²) in [5, 5.41) is 8.08. The van der Waals surface area contributed by atoms with Gasteiger partial charge in [-0.2, -0.15) is 0 Å². The van der Waals surface area contributed by atoms with Crippen LogP contribution in [-0.4, -0.2) is 39.2 Å². The SMILES string of the molecule is CC(C)n1cnnc1CN(C)C(=O)[C@@H]1COc2ccccc2C1. The number of rotatable bonds is 4. The first-order valence-corrected chi connectivity index (χ1v) is 7.90. The van der Waals surface area contributed by atoms with Gasteiger partial charge in [-0.3, -0.25) is 4.79 Å². The van der Waals surface area contributed by atoms with Crippen LogP contribution in [0.4, 0.5) is 0 Å². The van der Waals surface area contributed by atoms with Gasteiger partial charge in [0.2, 0.25) is 5.91 Å². The van der Waals surface area contributed by atoms with E-state index in [1.54, 1.807) is 11.2 Å². The van der Waals surface area contributed by atoms with Gasteiger partial charge in [-0.05, 0) is 31.9 Å². The van der Waals surface area contributed by atoms with E-state index in [0.717, 1.165) is 23.6 Å². The highest BCUT2D eigenvalue weighted by atomic mass is 16.5. The molecule has 0 aliphatic carbocycles. The number of nitrogens with zero attached hydrogens (tertiary/aromatic N) is 4. The summed E-state index contributed by atoms with van der Waals surface area (Å²) in [4.78, 5) is 14.4. The van der Waals surface area contributed by atoms with Crippen molar-refractivity contribution in [1.82, 2.24) is 19.7 Å². The molecule has 1 aliphatic rings. The van der Waals surface area contributed by atoms with Crippen molar-refractivity contribution in [2.24, 2.45) is 5.92 Å². The Morgan fingerprint density at radius 3 is 3.00 bits per heavy atom. The predicted molar refractivity (Wildman–Crippen MR) is 86.0 cm³/mol. The number of para-hydroxylation sites is 1. The molecule has 23 heavy (non-hydrogen) atoms. The van der Waals surface area contributed by atoms with Gasteiger partial charge in [-0.1, -0.05) is 18.2 Å². The number of fused-ring (bicyclic) bond motifs is 1. The largest absolute Gasteiger partial charge is 0.492 e. The number of aromatic nitrogens is 3. The van der Waals surface area contributed by atoms with Crippen LogP contribution in [0.25, 0.3) is 0 Å². The van der Waals surface area contributed by atoms with Gasteiger partial charge in [-0.25, -0.2) is 0 Å². The van der Waals surface area contributed by atoms with Crippen molar-refractivity contribution in [3.8, 4) is 5.75 Å². The van der Waals surface area contributed by atoms with Crippen molar-refractivity contribution in [2.45, 2.75) is 32.9 Å². The lowest BCUT2D eigenvalue weighted by molar-refractivity contribution is -0.136. The second-order valence-electron chi connectivity index (χ2n) is 6.26. The Hall–Kier alpha value is -2.37. The first-order valence-electron chi connectivity index (χ1n) is 7.90. The number of amides is 1. The Labute approximate surface area is 136 Å². The average Bonchev–Trinajstić information content (AvgIpc) is 3.02. The van der Waals surface area contributed by atoms with Gasteiger partial charge in [0.05, 0.1) is 12.5 Å². The fraction of sp³-hybridized carbons (Fsp3) is 0.471. The van der Waals surface area contributed by atoms with Gasteiger partial charge in [0, 0.05) is 13.1 Å². The van der Waals surface area contributed by atoms with Crippen LogP contribution >= 0.6 is 0 Å². The fourth-order valence-corrected chi connectivity index (χ4v) is 2.90. The van der Waals surface area contributed by atoms with Crippen molar-refractivity contribution in [3.05, 3.63) is 42.0 Å². The smallest absolute Gasteiger partial charge is 0.229 e. The topological polar surface area (TPSA) is 60.2 Å². The van der Waals surface area contributed by atoms with E-state index in [4.69, 9.17) is 4.74 Å². The molecule has 0 N–H and O–H groups in total. The average molecular weight is 314 g/mol. The van der Waals surface area contributed by atoms with Crippen LogP contribution < -0.4 is 4.74 Å². The first-order chi connectivity index (χ1) is 11.1. The lowest BCUT2D eigenvalue weighted by Gasteiger charge is -2.28. The monoisotopic (exact) mass is 314 g/mol. The first kappa shape index (κ1) is 15.5. The van der Waals surface area contributed by atoms with Crippen LogP contribution in [-0.2, 0) is 17.8 Å². The summed E-state index contributed by atoms with van der Waals surface area (Å²) in [6.45, 7) is 5.02. The molecule has 6 nitrogen and oxygen atoms in total. The molecule has 3 rings (SSSR count). The molecule has 0 fully saturated rings. The third-order valence-electron chi connectivity index (χ3n) is 4.19. The van der Waals surface area contributed by atoms with Gasteiger partial charge >= 0.3 is 0 Å². The highest BCUT2D eigenvalue weighted by molar-refractivity contribution is 5.79. The molecule has 0 saturated heterocycles. The van der Waals surface area contributed by atoms with Crippen molar-refractivity contribution < 1.29 is 9.53 Å². The Morgan fingerprint density at radius 1 is 1.43 bits per heavy atom. The number of hydrogen-bond acceptors (Lipinski definition) is 4. The number of carbonyl (C=O) groups is 1. The van der Waals surface area contributed by atoms with E-state index in [9.17, 15) is 4.79 Å². The maximum Gasteiger partial charge on any atom is 0.229 e. The van der Waals surface area contributed by atoms with Crippen LogP contribution in [0.3, 0.4) is 0 Å². The lowest BCUT2D eigenvalue weighted by atomic mass is 9.95. The molecule has 0 radical (unpaired) electrons. The molecule has 1 aliphatic heterocycles. The summed E-state index contributed by atoms with van der Waals surface area (Å²) in [7, 11) is 1.81. The summed E-state index contributed by atoms with van der Waals surface area (Å²) in [5.41, 5.74) is 1.09. The quantitative estimate of drug-likeness (QED) is 0.867. The molecular weight excluding hydrogens is 292 g/mol. The fourth-order valence-electron chi connectivity index (χ4n) is 2.90. The molecule has 2 aromatic rings. The maximum atomic E-state index is 12.7. The van der Waals surface area contributed by atoms with Crippen molar-refractivity contribution >= 4 is 5.91 Å². The zero-order valence-electron chi connectivity index (χ0n) is 13.8. The molecule has 0 bridgehead atoms. The minimum Gasteiger partial charge on any atom is -0.492 e. The van der Waals surface area contributed by atoms with Crippen molar-refractivity contribution in [2.75, 3.05) is 13.7 Å². The van der Waals surface area contributed by atoms with Gasteiger partial charge in [-0.15, -0.1) is 10.2 Å². The minimum atomic E-state index is -0.148. The van der Waals surface area contributed by atoms with E-state index < -0.39 is 0 Å². The van der Waals surface area contributed by atoms with Gasteiger partial charge < -0.3 is 14.2 Å². The Morgan fingerprint density at radius 2 is 2.22 bits per heavy atom. The number of carbonyl (C=O) groups excluding carboxylic acids is 1. The second kappa shape index (κ2) is 6.40. The Kier molecular flexibility index (Phi) is 4.32. The molecule has 0 spiro atoms. The molecular formula is C17H22N4O2. The normalized spacial score (nSPS) is 16.8. The number of hydrogen-bond donors (Lipinski definition) is 0. The summed E-state index contributed by atoms with van der Waals surface area (Å²) in [6, 6.07) is 8.17. The van der Waals surface area contributed by atoms with E-state index in [2.05, 4.69) is 24.0 Å². The zero-order valence-corrected chi connectivity index (χ0v) is 13.8. The van der Waals surface area contributed by atoms with E-state index in [1.807, 2.05) is 35.9 Å². The molecule has 2 heterocycles. The molecule has 0 unspecified atom stereocenters. The molecule has 1 aromatic carbocycles. The van der Waals surface area contributed by atoms with Gasteiger partial charge in [0.25, 0.3) is 0 Å². The second-order valence-corrected chi connectivity index (χ2v) is 6.26. The number of ether oxygens (including phenoxy) is 1. The standard InChI is InChI=1S/C17H22N4O2/c1-12(2)21-11-18-19-16(21)9-20(3)17(22)14-8-13-6-4-5-7-15(13)23-10-14/h4-7,11-12,14H,8-10H2,1-3H3/t14-/m0/s1. The third-order valence-corrected chi connectivity index (χ3v) is 4.19. The summed E-state index contributed by atoms with van der Waals surface area (Å²) >= 11 is 0. The van der Waals surface area contributed by atoms with Crippen LogP contribution in [0.2, 0.25) is 0 Å². The molecule has 1 aromatic heterocycles. The van der Waals surface area contributed by atoms with Crippen LogP contribution in [0.1, 0.15) is 31.3 Å². The highest BCUT2D eigenvalue weighted by Gasteiger charge is 2.28. The van der Waals surface area contributed by atoms with Crippen LogP contribution in [0, 0.1) is 5.92 Å². The van der Waals surface area contributed by atoms with Crippen LogP contribution in [0.5, 0.6) is 5.75 Å². The van der Waals surface area contributed by atoms with E-state index >= 15 is 0 Å². The number of benzene rings is 1. The summed E-state index contributed by atoms with van der Waals surface area (Å²) in [5.74, 6) is 1.62. The van der Waals surface area contributed by atoms with Gasteiger partial charge in [0.1, 0.15) is 18.7 Å². The molecule has 1 atom stereocenters. The van der Waals surface area contributed by atoms with Crippen molar-refractivity contribution in [1.29, 1.82) is 0 Å². The molecule has 0 saturated carbocycles. The van der Waals surface area contributed by atoms with E-state index in [-0.39, 0.29) is 17.9 Å². The lowest BCUT2D eigenvalue weighted by Crippen LogP contribution is -2.38. The summed E-state index contributed by atoms with van der Waals surface area (Å²) in [6.07, 6.45) is 2.43. The van der Waals surface area contributed by atoms with Crippen molar-refractivity contribution in [3.63, 3.8) is 0 Å². The minimum absolute atomic E-state index is 0.0813. The molecule has 122 valence electrons. The van der Waals surface area contributed by atoms with E-state index in [1.165, 1.54) is 0 Å². The highest BCUT2D eigenvalue weighted by Crippen LogP contribution is 2.27. The molecule has 1 amide bonds. The zero-order chi connectivity index (χ0) is 16.4. The third kappa shape index (κ3) is 3.21. The Balaban J connectivity index is 1.67. The van der Waals surface area contributed by atoms with E-state index in [0.29, 0.717) is 13.2 Å². The predicted octanol–water partition coefficient (Wildman–Crippen LogP) is 2.07. The summed E-state index contributed by atoms with van der Waals surface area (Å²) < 4.78 is 7.71. The van der Waals surface area contributed by atoms with Gasteiger partial charge in [0.15, 0.2) is 5.82 Å². The molecule has 6 heteroatoms. The van der Waals surface area contributed by atoms with Crippen LogP contribution in [0.15, 0.2) is 30.6 Å². The maximum absolute atomic E-state index is 12.7. The Bertz CT molecular complexity index is 695.